The van der Waals surface area contributed by atoms with Crippen LogP contribution in [0.1, 0.15) is 11.1 Å². The van der Waals surface area contributed by atoms with Crippen LogP contribution in [0, 0.1) is 13.8 Å². The molecule has 0 radical (unpaired) electrons. The number of benzene rings is 3. The molecule has 9 nitrogen and oxygen atoms in total. The Bertz CT molecular complexity index is 1260. The Morgan fingerprint density at radius 3 is 2.03 bits per heavy atom. The third-order valence-corrected chi connectivity index (χ3v) is 4.97. The third kappa shape index (κ3) is 6.18. The third-order valence-electron chi connectivity index (χ3n) is 4.12. The number of aryl methyl sites for hydroxylation is 2. The van der Waals surface area contributed by atoms with Crippen LogP contribution in [0.4, 0.5) is 22.7 Å². The van der Waals surface area contributed by atoms with Crippen molar-refractivity contribution in [2.45, 2.75) is 18.7 Å². The van der Waals surface area contributed by atoms with E-state index >= 15 is 0 Å². The van der Waals surface area contributed by atoms with Crippen LogP contribution in [-0.2, 0) is 10.1 Å². The Morgan fingerprint density at radius 1 is 0.806 bits per heavy atom. The molecule has 0 amide bonds. The number of nitrogens with zero attached hydrogens (tertiary/aromatic N) is 4. The summed E-state index contributed by atoms with van der Waals surface area (Å²) in [6.45, 7) is 3.82. The molecule has 0 aliphatic heterocycles. The van der Waals surface area contributed by atoms with E-state index in [-0.39, 0.29) is 57.3 Å². The zero-order valence-corrected chi connectivity index (χ0v) is 19.8. The van der Waals surface area contributed by atoms with Crippen molar-refractivity contribution in [3.05, 3.63) is 65.7 Å². The van der Waals surface area contributed by atoms with Crippen molar-refractivity contribution >= 4 is 32.9 Å². The van der Waals surface area contributed by atoms with Crippen molar-refractivity contribution in [1.82, 2.24) is 0 Å². The molecule has 2 N–H and O–H groups in total. The second kappa shape index (κ2) is 10.1. The van der Waals surface area contributed by atoms with Crippen molar-refractivity contribution < 1.29 is 52.7 Å². The maximum absolute atomic E-state index is 11.0. The quantitative estimate of drug-likeness (QED) is 0.350. The Balaban J connectivity index is 0.00000341. The Hall–Kier alpha value is -2.63. The zero-order chi connectivity index (χ0) is 21.9. The van der Waals surface area contributed by atoms with Gasteiger partial charge in [-0.05, 0) is 61.9 Å². The average molecular weight is 448 g/mol. The molecule has 0 saturated heterocycles. The first-order valence-corrected chi connectivity index (χ1v) is 10.1. The molecule has 0 unspecified atom stereocenters. The summed E-state index contributed by atoms with van der Waals surface area (Å²) in [6.07, 6.45) is 0. The number of rotatable bonds is 5. The molecule has 0 fully saturated rings. The number of hydrogen-bond donors (Lipinski definition) is 2. The van der Waals surface area contributed by atoms with Gasteiger partial charge in [0, 0.05) is 0 Å². The van der Waals surface area contributed by atoms with Crippen LogP contribution in [0.3, 0.4) is 0 Å². The molecule has 0 heterocycles. The summed E-state index contributed by atoms with van der Waals surface area (Å²) in [7, 11) is -4.55. The minimum Gasteiger partial charge on any atom is -0.744 e. The molecule has 3 rings (SSSR count). The van der Waals surface area contributed by atoms with Crippen molar-refractivity contribution in [2.24, 2.45) is 20.5 Å². The van der Waals surface area contributed by atoms with Crippen molar-refractivity contribution in [2.75, 3.05) is 0 Å². The summed E-state index contributed by atoms with van der Waals surface area (Å²) < 4.78 is 32.9. The van der Waals surface area contributed by atoms with Gasteiger partial charge in [-0.15, -0.1) is 10.2 Å². The molecule has 154 valence electrons. The van der Waals surface area contributed by atoms with Gasteiger partial charge in [0.1, 0.15) is 21.6 Å². The van der Waals surface area contributed by atoms with E-state index in [9.17, 15) is 23.2 Å². The first-order valence-electron chi connectivity index (χ1n) is 8.67. The largest absolute Gasteiger partial charge is 1.00 e. The van der Waals surface area contributed by atoms with Crippen molar-refractivity contribution in [1.29, 1.82) is 0 Å². The van der Waals surface area contributed by atoms with Crippen molar-refractivity contribution in [3.8, 4) is 11.5 Å². The van der Waals surface area contributed by atoms with Gasteiger partial charge in [-0.25, -0.2) is 8.42 Å². The van der Waals surface area contributed by atoms with Crippen LogP contribution >= 0.6 is 0 Å². The SMILES string of the molecule is Cc1ccc(N=Nc2c(O)ccc(N=Nc3ccc(S(=O)(=O)[O-])cc3)c2O)c(C)c1.[Na+]. The molecule has 0 spiro atoms. The van der Waals surface area contributed by atoms with Gasteiger partial charge in [0.05, 0.1) is 16.3 Å². The maximum Gasteiger partial charge on any atom is 1.00 e. The van der Waals surface area contributed by atoms with Gasteiger partial charge < -0.3 is 14.8 Å². The molecule has 0 aliphatic carbocycles. The first-order chi connectivity index (χ1) is 14.1. The molecule has 0 bridgehead atoms. The second-order valence-corrected chi connectivity index (χ2v) is 7.82. The van der Waals surface area contributed by atoms with E-state index in [0.717, 1.165) is 23.3 Å². The van der Waals surface area contributed by atoms with E-state index in [4.69, 9.17) is 0 Å². The number of phenolic OH excluding ortho intramolecular Hbond substituents is 2. The van der Waals surface area contributed by atoms with Crippen LogP contribution in [0.15, 0.2) is 79.9 Å². The Labute approximate surface area is 201 Å². The average Bonchev–Trinajstić information content (AvgIpc) is 2.68. The number of phenols is 2. The van der Waals surface area contributed by atoms with Crippen LogP contribution < -0.4 is 29.6 Å². The first kappa shape index (κ1) is 24.6. The zero-order valence-electron chi connectivity index (χ0n) is 17.0. The molecule has 31 heavy (non-hydrogen) atoms. The molecular formula is C20H17N4NaO5S. The molecule has 3 aromatic carbocycles. The van der Waals surface area contributed by atoms with E-state index in [0.29, 0.717) is 5.69 Å². The predicted molar refractivity (Wildman–Crippen MR) is 108 cm³/mol. The van der Waals surface area contributed by atoms with Gasteiger partial charge in [0.2, 0.25) is 0 Å². The van der Waals surface area contributed by atoms with E-state index in [2.05, 4.69) is 20.5 Å². The van der Waals surface area contributed by atoms with E-state index in [1.807, 2.05) is 26.0 Å². The van der Waals surface area contributed by atoms with E-state index in [1.165, 1.54) is 24.3 Å². The molecular weight excluding hydrogens is 431 g/mol. The van der Waals surface area contributed by atoms with Gasteiger partial charge in [-0.1, -0.05) is 17.7 Å². The summed E-state index contributed by atoms with van der Waals surface area (Å²) in [5.74, 6) is -0.712. The predicted octanol–water partition coefficient (Wildman–Crippen LogP) is 2.45. The molecule has 3 aromatic rings. The Morgan fingerprint density at radius 2 is 1.42 bits per heavy atom. The van der Waals surface area contributed by atoms with Crippen LogP contribution in [0.2, 0.25) is 0 Å². The van der Waals surface area contributed by atoms with Gasteiger partial charge in [-0.3, -0.25) is 0 Å². The smallest absolute Gasteiger partial charge is 0.744 e. The fraction of sp³-hybridized carbons (Fsp3) is 0.100. The fourth-order valence-electron chi connectivity index (χ4n) is 2.55. The monoisotopic (exact) mass is 448 g/mol. The summed E-state index contributed by atoms with van der Waals surface area (Å²) in [4.78, 5) is -0.386. The molecule has 0 atom stereocenters. The number of hydrogen-bond acceptors (Lipinski definition) is 9. The Kier molecular flexibility index (Phi) is 8.04. The molecule has 0 aromatic heterocycles. The summed E-state index contributed by atoms with van der Waals surface area (Å²) in [5.41, 5.74) is 2.65. The maximum atomic E-state index is 11.0. The van der Waals surface area contributed by atoms with Gasteiger partial charge in [0.25, 0.3) is 0 Å². The fourth-order valence-corrected chi connectivity index (χ4v) is 3.02. The number of azo groups is 2. The molecule has 11 heteroatoms. The van der Waals surface area contributed by atoms with Gasteiger partial charge >= 0.3 is 29.6 Å². The van der Waals surface area contributed by atoms with Crippen LogP contribution in [0.5, 0.6) is 11.5 Å². The van der Waals surface area contributed by atoms with Crippen LogP contribution in [0.25, 0.3) is 0 Å². The minimum absolute atomic E-state index is 0. The standard InChI is InChI=1S/C20H18N4O5S.Na/c1-12-3-8-16(13(2)11-12)22-24-19-18(25)10-9-17(20(19)26)23-21-14-4-6-15(7-5-14)30(27,28)29;/h3-11,25-26H,1-2H3,(H,27,28,29);/q;+1/p-1. The van der Waals surface area contributed by atoms with Gasteiger partial charge in [-0.2, -0.15) is 10.2 Å². The van der Waals surface area contributed by atoms with Gasteiger partial charge in [0.15, 0.2) is 11.4 Å². The molecule has 0 aliphatic rings. The summed E-state index contributed by atoms with van der Waals surface area (Å²) in [5, 5.41) is 36.2. The second-order valence-electron chi connectivity index (χ2n) is 6.44. The van der Waals surface area contributed by atoms with Crippen LogP contribution in [-0.4, -0.2) is 23.2 Å². The topological polar surface area (TPSA) is 147 Å². The van der Waals surface area contributed by atoms with Crippen molar-refractivity contribution in [3.63, 3.8) is 0 Å². The summed E-state index contributed by atoms with van der Waals surface area (Å²) in [6, 6.07) is 13.0. The minimum atomic E-state index is -4.55. The van der Waals surface area contributed by atoms with E-state index in [1.54, 1.807) is 6.07 Å². The normalized spacial score (nSPS) is 11.7. The number of aromatic hydroxyl groups is 2. The van der Waals surface area contributed by atoms with E-state index < -0.39 is 15.9 Å². The summed E-state index contributed by atoms with van der Waals surface area (Å²) >= 11 is 0. The molecule has 0 saturated carbocycles.